The first-order valence-corrected chi connectivity index (χ1v) is 8.37. The van der Waals surface area contributed by atoms with Gasteiger partial charge in [-0.2, -0.15) is 17.0 Å². The third kappa shape index (κ3) is 3.28. The molecule has 2 rings (SSSR count). The summed E-state index contributed by atoms with van der Waals surface area (Å²) < 4.78 is 28.2. The number of likely N-dealkylation sites (N-methyl/N-ethyl adjacent to an activating group) is 1. The Morgan fingerprint density at radius 1 is 1.11 bits per heavy atom. The lowest BCUT2D eigenvalue weighted by Crippen LogP contribution is -2.47. The average molecular weight is 291 g/mol. The number of piperidine rings is 1. The minimum Gasteiger partial charge on any atom is -0.396 e. The lowest BCUT2D eigenvalue weighted by molar-refractivity contribution is 0.166. The fourth-order valence-corrected chi connectivity index (χ4v) is 4.52. The average Bonchev–Trinajstić information content (AvgIpc) is 2.89. The third-order valence-electron chi connectivity index (χ3n) is 4.34. The van der Waals surface area contributed by atoms with E-state index in [0.29, 0.717) is 32.2 Å². The molecule has 1 unspecified atom stereocenters. The Kier molecular flexibility index (Phi) is 4.84. The Labute approximate surface area is 116 Å². The van der Waals surface area contributed by atoms with Crippen molar-refractivity contribution in [2.24, 2.45) is 5.92 Å². The molecule has 7 heteroatoms. The monoisotopic (exact) mass is 291 g/mol. The lowest BCUT2D eigenvalue weighted by Gasteiger charge is -2.33. The Morgan fingerprint density at radius 3 is 2.16 bits per heavy atom. The summed E-state index contributed by atoms with van der Waals surface area (Å²) in [5, 5.41) is 9.10. The number of aliphatic hydroxyl groups excluding tert-OH is 1. The van der Waals surface area contributed by atoms with Gasteiger partial charge < -0.3 is 10.0 Å². The van der Waals surface area contributed by atoms with Gasteiger partial charge in [0.25, 0.3) is 10.2 Å². The van der Waals surface area contributed by atoms with Crippen LogP contribution in [0.4, 0.5) is 0 Å². The second-order valence-corrected chi connectivity index (χ2v) is 7.73. The normalized spacial score (nSPS) is 28.3. The van der Waals surface area contributed by atoms with Gasteiger partial charge >= 0.3 is 0 Å². The highest BCUT2D eigenvalue weighted by atomic mass is 32.2. The minimum absolute atomic E-state index is 0.167. The maximum atomic E-state index is 12.5. The molecule has 0 aromatic rings. The Bertz CT molecular complexity index is 391. The summed E-state index contributed by atoms with van der Waals surface area (Å²) in [6.45, 7) is 2.45. The van der Waals surface area contributed by atoms with Gasteiger partial charge in [-0.15, -0.1) is 0 Å². The molecule has 0 aliphatic carbocycles. The van der Waals surface area contributed by atoms with Crippen molar-refractivity contribution in [3.05, 3.63) is 0 Å². The molecule has 0 saturated carbocycles. The van der Waals surface area contributed by atoms with Gasteiger partial charge in [-0.05, 0) is 39.3 Å². The standard InChI is InChI=1S/C12H25N3O3S/c1-13(2)12-5-8-15(9-12)19(17,18)14-6-3-11(10-16)4-7-14/h11-12,16H,3-10H2,1-2H3. The van der Waals surface area contributed by atoms with Gasteiger partial charge in [-0.3, -0.25) is 0 Å². The van der Waals surface area contributed by atoms with Crippen molar-refractivity contribution in [1.29, 1.82) is 0 Å². The highest BCUT2D eigenvalue weighted by Gasteiger charge is 2.37. The van der Waals surface area contributed by atoms with Gasteiger partial charge in [0.1, 0.15) is 0 Å². The highest BCUT2D eigenvalue weighted by molar-refractivity contribution is 7.86. The minimum atomic E-state index is -3.30. The van der Waals surface area contributed by atoms with Crippen LogP contribution in [0.5, 0.6) is 0 Å². The number of rotatable bonds is 4. The van der Waals surface area contributed by atoms with Gasteiger partial charge in [0.2, 0.25) is 0 Å². The van der Waals surface area contributed by atoms with Crippen LogP contribution in [-0.4, -0.2) is 80.0 Å². The molecule has 2 aliphatic rings. The summed E-state index contributed by atoms with van der Waals surface area (Å²) in [5.74, 6) is 0.263. The largest absolute Gasteiger partial charge is 0.396 e. The summed E-state index contributed by atoms with van der Waals surface area (Å²) in [5.41, 5.74) is 0. The second-order valence-electron chi connectivity index (χ2n) is 5.80. The second kappa shape index (κ2) is 6.05. The quantitative estimate of drug-likeness (QED) is 0.763. The molecule has 6 nitrogen and oxygen atoms in total. The van der Waals surface area contributed by atoms with E-state index in [1.165, 1.54) is 0 Å². The predicted octanol–water partition coefficient (Wildman–Crippen LogP) is -0.429. The zero-order chi connectivity index (χ0) is 14.0. The van der Waals surface area contributed by atoms with Crippen LogP contribution in [-0.2, 0) is 10.2 Å². The molecule has 0 bridgehead atoms. The van der Waals surface area contributed by atoms with Crippen LogP contribution < -0.4 is 0 Å². The molecule has 112 valence electrons. The Morgan fingerprint density at radius 2 is 1.68 bits per heavy atom. The van der Waals surface area contributed by atoms with E-state index in [2.05, 4.69) is 4.90 Å². The van der Waals surface area contributed by atoms with E-state index in [-0.39, 0.29) is 12.5 Å². The smallest absolute Gasteiger partial charge is 0.282 e. The molecule has 2 fully saturated rings. The molecule has 2 heterocycles. The molecule has 2 saturated heterocycles. The molecule has 0 aromatic carbocycles. The van der Waals surface area contributed by atoms with Crippen molar-refractivity contribution in [2.45, 2.75) is 25.3 Å². The first-order chi connectivity index (χ1) is 8.95. The fraction of sp³-hybridized carbons (Fsp3) is 1.00. The van der Waals surface area contributed by atoms with Crippen LogP contribution in [0, 0.1) is 5.92 Å². The zero-order valence-electron chi connectivity index (χ0n) is 11.8. The number of aliphatic hydroxyl groups is 1. The van der Waals surface area contributed by atoms with E-state index in [1.807, 2.05) is 14.1 Å². The number of hydrogen-bond donors (Lipinski definition) is 1. The molecule has 0 amide bonds. The molecular formula is C12H25N3O3S. The summed E-state index contributed by atoms with van der Waals surface area (Å²) in [6, 6.07) is 0.324. The molecule has 0 aromatic heterocycles. The van der Waals surface area contributed by atoms with Crippen LogP contribution in [0.15, 0.2) is 0 Å². The van der Waals surface area contributed by atoms with E-state index in [4.69, 9.17) is 5.11 Å². The van der Waals surface area contributed by atoms with Gasteiger partial charge in [0.05, 0.1) is 0 Å². The first-order valence-electron chi connectivity index (χ1n) is 6.97. The molecule has 0 spiro atoms. The topological polar surface area (TPSA) is 64.1 Å². The van der Waals surface area contributed by atoms with E-state index < -0.39 is 10.2 Å². The van der Waals surface area contributed by atoms with Gasteiger partial charge in [-0.25, -0.2) is 0 Å². The van der Waals surface area contributed by atoms with Gasteiger partial charge in [-0.1, -0.05) is 0 Å². The van der Waals surface area contributed by atoms with Crippen LogP contribution >= 0.6 is 0 Å². The highest BCUT2D eigenvalue weighted by Crippen LogP contribution is 2.24. The Balaban J connectivity index is 1.96. The van der Waals surface area contributed by atoms with Crippen LogP contribution in [0.25, 0.3) is 0 Å². The maximum absolute atomic E-state index is 12.5. The van der Waals surface area contributed by atoms with E-state index >= 15 is 0 Å². The van der Waals surface area contributed by atoms with Gasteiger partial charge in [0.15, 0.2) is 0 Å². The fourth-order valence-electron chi connectivity index (χ4n) is 2.83. The Hall–Kier alpha value is -0.210. The summed E-state index contributed by atoms with van der Waals surface area (Å²) in [6.07, 6.45) is 2.43. The SMILES string of the molecule is CN(C)C1CCN(S(=O)(=O)N2CCC(CO)CC2)C1. The predicted molar refractivity (Wildman–Crippen MR) is 74.0 cm³/mol. The zero-order valence-corrected chi connectivity index (χ0v) is 12.6. The molecule has 19 heavy (non-hydrogen) atoms. The van der Waals surface area contributed by atoms with Crippen LogP contribution in [0.2, 0.25) is 0 Å². The first kappa shape index (κ1) is 15.2. The van der Waals surface area contributed by atoms with Crippen molar-refractivity contribution in [1.82, 2.24) is 13.5 Å². The molecular weight excluding hydrogens is 266 g/mol. The molecule has 1 N–H and O–H groups in total. The summed E-state index contributed by atoms with van der Waals surface area (Å²) in [7, 11) is 0.686. The van der Waals surface area contributed by atoms with Gasteiger partial charge in [0, 0.05) is 38.8 Å². The summed E-state index contributed by atoms with van der Waals surface area (Å²) in [4.78, 5) is 2.09. The molecule has 2 aliphatic heterocycles. The van der Waals surface area contributed by atoms with E-state index in [1.54, 1.807) is 8.61 Å². The lowest BCUT2D eigenvalue weighted by atomic mass is 10.00. The van der Waals surface area contributed by atoms with Crippen molar-refractivity contribution in [3.8, 4) is 0 Å². The van der Waals surface area contributed by atoms with E-state index in [9.17, 15) is 8.42 Å². The summed E-state index contributed by atoms with van der Waals surface area (Å²) >= 11 is 0. The van der Waals surface area contributed by atoms with Crippen molar-refractivity contribution >= 4 is 10.2 Å². The molecule has 0 radical (unpaired) electrons. The van der Waals surface area contributed by atoms with Crippen molar-refractivity contribution < 1.29 is 13.5 Å². The molecule has 1 atom stereocenters. The van der Waals surface area contributed by atoms with Crippen LogP contribution in [0.3, 0.4) is 0 Å². The van der Waals surface area contributed by atoms with E-state index in [0.717, 1.165) is 19.3 Å². The van der Waals surface area contributed by atoms with Crippen LogP contribution in [0.1, 0.15) is 19.3 Å². The maximum Gasteiger partial charge on any atom is 0.282 e. The number of hydrogen-bond acceptors (Lipinski definition) is 4. The third-order valence-corrected chi connectivity index (χ3v) is 6.34. The van der Waals surface area contributed by atoms with Crippen molar-refractivity contribution in [2.75, 3.05) is 46.9 Å². The van der Waals surface area contributed by atoms with Crippen molar-refractivity contribution in [3.63, 3.8) is 0 Å². The number of nitrogens with zero attached hydrogens (tertiary/aromatic N) is 3.